The molecule has 0 saturated heterocycles. The van der Waals surface area contributed by atoms with Crippen LogP contribution in [0, 0.1) is 11.6 Å². The number of methoxy groups -OCH3 is 1. The second-order valence-electron chi connectivity index (χ2n) is 3.40. The van der Waals surface area contributed by atoms with Gasteiger partial charge in [0.15, 0.2) is 17.4 Å². The van der Waals surface area contributed by atoms with E-state index in [1.165, 1.54) is 7.11 Å². The number of carbonyl (C=O) groups excluding carboxylic acids is 1. The first-order valence-electron chi connectivity index (χ1n) is 4.76. The quantitative estimate of drug-likeness (QED) is 0.800. The molecule has 0 aromatic heterocycles. The van der Waals surface area contributed by atoms with E-state index in [1.807, 2.05) is 0 Å². The van der Waals surface area contributed by atoms with E-state index in [2.05, 4.69) is 4.74 Å². The molecule has 5 heteroatoms. The highest BCUT2D eigenvalue weighted by atomic mass is 19.1. The van der Waals surface area contributed by atoms with Crippen molar-refractivity contribution in [2.75, 3.05) is 7.11 Å². The van der Waals surface area contributed by atoms with Crippen molar-refractivity contribution < 1.29 is 18.3 Å². The van der Waals surface area contributed by atoms with Crippen LogP contribution in [-0.2, 0) is 11.3 Å². The summed E-state index contributed by atoms with van der Waals surface area (Å²) in [5.74, 6) is -2.75. The minimum atomic E-state index is -0.839. The zero-order valence-corrected chi connectivity index (χ0v) is 9.09. The Morgan fingerprint density at radius 3 is 2.62 bits per heavy atom. The number of carbonyl (C=O) groups is 1. The van der Waals surface area contributed by atoms with Gasteiger partial charge in [0.05, 0.1) is 7.11 Å². The standard InChI is InChI=1S/C11H13F2NO2/c1-6(5-15)7-3-9(12)11(16-2)10(13)8(7)4-14/h3,5-6H,4,14H2,1-2H3. The van der Waals surface area contributed by atoms with Crippen LogP contribution in [0.4, 0.5) is 8.78 Å². The number of ether oxygens (including phenoxy) is 1. The van der Waals surface area contributed by atoms with Gasteiger partial charge in [-0.25, -0.2) is 8.78 Å². The van der Waals surface area contributed by atoms with Crippen LogP contribution in [0.5, 0.6) is 5.75 Å². The molecule has 0 fully saturated rings. The molecule has 0 heterocycles. The van der Waals surface area contributed by atoms with E-state index in [-0.39, 0.29) is 17.7 Å². The molecule has 0 aliphatic carbocycles. The van der Waals surface area contributed by atoms with E-state index in [0.29, 0.717) is 6.29 Å². The van der Waals surface area contributed by atoms with Gasteiger partial charge < -0.3 is 15.3 Å². The number of halogens is 2. The van der Waals surface area contributed by atoms with Crippen LogP contribution in [0.15, 0.2) is 6.07 Å². The van der Waals surface area contributed by atoms with Crippen LogP contribution < -0.4 is 10.5 Å². The van der Waals surface area contributed by atoms with Crippen molar-refractivity contribution in [3.05, 3.63) is 28.8 Å². The molecule has 88 valence electrons. The molecular formula is C11H13F2NO2. The highest BCUT2D eigenvalue weighted by molar-refractivity contribution is 5.63. The summed E-state index contributed by atoms with van der Waals surface area (Å²) in [6.45, 7) is 1.43. The van der Waals surface area contributed by atoms with Crippen molar-refractivity contribution in [3.63, 3.8) is 0 Å². The number of hydrogen-bond donors (Lipinski definition) is 1. The Hall–Kier alpha value is -1.49. The molecule has 16 heavy (non-hydrogen) atoms. The van der Waals surface area contributed by atoms with E-state index in [4.69, 9.17) is 5.73 Å². The summed E-state index contributed by atoms with van der Waals surface area (Å²) in [4.78, 5) is 10.6. The van der Waals surface area contributed by atoms with Gasteiger partial charge in [0.2, 0.25) is 0 Å². The number of nitrogens with two attached hydrogens (primary N) is 1. The van der Waals surface area contributed by atoms with Crippen molar-refractivity contribution in [1.82, 2.24) is 0 Å². The lowest BCUT2D eigenvalue weighted by molar-refractivity contribution is -0.108. The maximum Gasteiger partial charge on any atom is 0.190 e. The van der Waals surface area contributed by atoms with Gasteiger partial charge in [0.1, 0.15) is 6.29 Å². The molecule has 1 rings (SSSR count). The summed E-state index contributed by atoms with van der Waals surface area (Å²) >= 11 is 0. The van der Waals surface area contributed by atoms with Crippen molar-refractivity contribution >= 4 is 6.29 Å². The molecular weight excluding hydrogens is 216 g/mol. The van der Waals surface area contributed by atoms with Crippen molar-refractivity contribution in [3.8, 4) is 5.75 Å². The summed E-state index contributed by atoms with van der Waals surface area (Å²) in [5, 5.41) is 0. The SMILES string of the molecule is COc1c(F)cc(C(C)C=O)c(CN)c1F. The molecule has 0 spiro atoms. The van der Waals surface area contributed by atoms with Crippen LogP contribution in [-0.4, -0.2) is 13.4 Å². The summed E-state index contributed by atoms with van der Waals surface area (Å²) < 4.78 is 31.7. The third-order valence-corrected chi connectivity index (χ3v) is 2.41. The molecule has 1 aromatic carbocycles. The van der Waals surface area contributed by atoms with Gasteiger partial charge in [-0.2, -0.15) is 0 Å². The predicted molar refractivity (Wildman–Crippen MR) is 55.3 cm³/mol. The number of aldehydes is 1. The third kappa shape index (κ3) is 2.04. The molecule has 1 unspecified atom stereocenters. The zero-order valence-electron chi connectivity index (χ0n) is 9.09. The summed E-state index contributed by atoms with van der Waals surface area (Å²) in [6.07, 6.45) is 0.611. The average molecular weight is 229 g/mol. The van der Waals surface area contributed by atoms with Gasteiger partial charge in [-0.05, 0) is 11.6 Å². The van der Waals surface area contributed by atoms with Gasteiger partial charge in [-0.15, -0.1) is 0 Å². The molecule has 1 atom stereocenters. The highest BCUT2D eigenvalue weighted by Crippen LogP contribution is 2.30. The molecule has 0 aliphatic rings. The van der Waals surface area contributed by atoms with Gasteiger partial charge in [0, 0.05) is 18.0 Å². The fraction of sp³-hybridized carbons (Fsp3) is 0.364. The van der Waals surface area contributed by atoms with Crippen LogP contribution in [0.1, 0.15) is 24.0 Å². The lowest BCUT2D eigenvalue weighted by atomic mass is 9.95. The van der Waals surface area contributed by atoms with Gasteiger partial charge in [-0.3, -0.25) is 0 Å². The maximum atomic E-state index is 13.7. The van der Waals surface area contributed by atoms with Crippen molar-refractivity contribution in [2.24, 2.45) is 5.73 Å². The molecule has 0 amide bonds. The summed E-state index contributed by atoms with van der Waals surface area (Å²) in [7, 11) is 1.17. The fourth-order valence-corrected chi connectivity index (χ4v) is 1.53. The van der Waals surface area contributed by atoms with Crippen LogP contribution in [0.2, 0.25) is 0 Å². The van der Waals surface area contributed by atoms with Crippen LogP contribution in [0.25, 0.3) is 0 Å². The van der Waals surface area contributed by atoms with E-state index in [9.17, 15) is 13.6 Å². The van der Waals surface area contributed by atoms with E-state index >= 15 is 0 Å². The largest absolute Gasteiger partial charge is 0.491 e. The first-order chi connectivity index (χ1) is 7.56. The Balaban J connectivity index is 3.46. The number of hydrogen-bond acceptors (Lipinski definition) is 3. The molecule has 0 saturated carbocycles. The monoisotopic (exact) mass is 229 g/mol. The second-order valence-corrected chi connectivity index (χ2v) is 3.40. The van der Waals surface area contributed by atoms with Crippen LogP contribution >= 0.6 is 0 Å². The first-order valence-corrected chi connectivity index (χ1v) is 4.76. The molecule has 1 aromatic rings. The smallest absolute Gasteiger partial charge is 0.190 e. The number of rotatable bonds is 4. The van der Waals surface area contributed by atoms with Gasteiger partial charge in [0.25, 0.3) is 0 Å². The molecule has 0 bridgehead atoms. The van der Waals surface area contributed by atoms with E-state index < -0.39 is 23.3 Å². The zero-order chi connectivity index (χ0) is 12.3. The fourth-order valence-electron chi connectivity index (χ4n) is 1.53. The second kappa shape index (κ2) is 5.03. The van der Waals surface area contributed by atoms with Gasteiger partial charge >= 0.3 is 0 Å². The number of benzene rings is 1. The van der Waals surface area contributed by atoms with Gasteiger partial charge in [-0.1, -0.05) is 6.92 Å². The van der Waals surface area contributed by atoms with Crippen molar-refractivity contribution in [1.29, 1.82) is 0 Å². The minimum absolute atomic E-state index is 0.109. The van der Waals surface area contributed by atoms with E-state index in [1.54, 1.807) is 6.92 Å². The first kappa shape index (κ1) is 12.6. The van der Waals surface area contributed by atoms with E-state index in [0.717, 1.165) is 6.07 Å². The summed E-state index contributed by atoms with van der Waals surface area (Å²) in [5.41, 5.74) is 5.75. The topological polar surface area (TPSA) is 52.3 Å². The Labute approximate surface area is 92.2 Å². The molecule has 3 nitrogen and oxygen atoms in total. The van der Waals surface area contributed by atoms with Crippen LogP contribution in [0.3, 0.4) is 0 Å². The lowest BCUT2D eigenvalue weighted by Gasteiger charge is -2.14. The summed E-state index contributed by atoms with van der Waals surface area (Å²) in [6, 6.07) is 1.09. The molecule has 0 aliphatic heterocycles. The third-order valence-electron chi connectivity index (χ3n) is 2.41. The van der Waals surface area contributed by atoms with Crippen molar-refractivity contribution in [2.45, 2.75) is 19.4 Å². The Morgan fingerprint density at radius 2 is 2.19 bits per heavy atom. The minimum Gasteiger partial charge on any atom is -0.491 e. The predicted octanol–water partition coefficient (Wildman–Crippen LogP) is 1.73. The average Bonchev–Trinajstić information content (AvgIpc) is 2.28. The normalized spacial score (nSPS) is 12.3. The Morgan fingerprint density at radius 1 is 1.56 bits per heavy atom. The highest BCUT2D eigenvalue weighted by Gasteiger charge is 2.20. The Bertz CT molecular complexity index is 407. The lowest BCUT2D eigenvalue weighted by Crippen LogP contribution is -2.10. The Kier molecular flexibility index (Phi) is 3.95. The molecule has 2 N–H and O–H groups in total. The molecule has 0 radical (unpaired) electrons. The maximum absolute atomic E-state index is 13.7.